The van der Waals surface area contributed by atoms with E-state index in [9.17, 15) is 0 Å². The Bertz CT molecular complexity index is 470. The fourth-order valence-electron chi connectivity index (χ4n) is 1.45. The minimum absolute atomic E-state index is 0.460. The van der Waals surface area contributed by atoms with E-state index >= 15 is 0 Å². The van der Waals surface area contributed by atoms with Gasteiger partial charge in [0.25, 0.3) is 0 Å². The monoisotopic (exact) mass is 253 g/mol. The standard InChI is InChI=1S/C11H12ClN3S/c1-15(7-8-3-2-6-16-8)11-9(13)4-5-10(12)14-11/h2-6H,7,13H2,1H3. The minimum atomic E-state index is 0.460. The zero-order chi connectivity index (χ0) is 11.5. The summed E-state index contributed by atoms with van der Waals surface area (Å²) < 4.78 is 0. The van der Waals surface area contributed by atoms with E-state index in [2.05, 4.69) is 16.4 Å². The molecule has 0 aliphatic carbocycles. The molecule has 0 atom stereocenters. The van der Waals surface area contributed by atoms with Gasteiger partial charge < -0.3 is 10.6 Å². The summed E-state index contributed by atoms with van der Waals surface area (Å²) >= 11 is 7.56. The number of nitrogen functional groups attached to an aromatic ring is 1. The SMILES string of the molecule is CN(Cc1cccs1)c1nc(Cl)ccc1N. The van der Waals surface area contributed by atoms with E-state index in [1.807, 2.05) is 18.0 Å². The van der Waals surface area contributed by atoms with Gasteiger partial charge in [-0.05, 0) is 23.6 Å². The molecular formula is C11H12ClN3S. The van der Waals surface area contributed by atoms with Crippen molar-refractivity contribution in [1.29, 1.82) is 0 Å². The second kappa shape index (κ2) is 4.72. The van der Waals surface area contributed by atoms with Crippen LogP contribution in [0.1, 0.15) is 4.88 Å². The molecule has 0 aliphatic heterocycles. The molecule has 0 saturated heterocycles. The van der Waals surface area contributed by atoms with Gasteiger partial charge in [0.1, 0.15) is 5.15 Å². The van der Waals surface area contributed by atoms with Crippen LogP contribution in [0.4, 0.5) is 11.5 Å². The molecule has 0 spiro atoms. The van der Waals surface area contributed by atoms with Crippen LogP contribution in [0.15, 0.2) is 29.6 Å². The van der Waals surface area contributed by atoms with Gasteiger partial charge in [-0.2, -0.15) is 0 Å². The number of rotatable bonds is 3. The van der Waals surface area contributed by atoms with Crippen LogP contribution in [0.2, 0.25) is 5.15 Å². The van der Waals surface area contributed by atoms with Gasteiger partial charge in [0.05, 0.1) is 12.2 Å². The Kier molecular flexibility index (Phi) is 3.31. The molecule has 0 unspecified atom stereocenters. The number of aromatic nitrogens is 1. The van der Waals surface area contributed by atoms with Crippen molar-refractivity contribution in [3.63, 3.8) is 0 Å². The summed E-state index contributed by atoms with van der Waals surface area (Å²) in [6.07, 6.45) is 0. The number of nitrogens with zero attached hydrogens (tertiary/aromatic N) is 2. The number of thiophene rings is 1. The van der Waals surface area contributed by atoms with E-state index < -0.39 is 0 Å². The number of halogens is 1. The van der Waals surface area contributed by atoms with Crippen molar-refractivity contribution in [2.45, 2.75) is 6.54 Å². The van der Waals surface area contributed by atoms with Gasteiger partial charge in [-0.3, -0.25) is 0 Å². The maximum Gasteiger partial charge on any atom is 0.153 e. The predicted molar refractivity (Wildman–Crippen MR) is 70.1 cm³/mol. The molecule has 0 aliphatic rings. The van der Waals surface area contributed by atoms with Gasteiger partial charge >= 0.3 is 0 Å². The van der Waals surface area contributed by atoms with Gasteiger partial charge in [0.15, 0.2) is 5.82 Å². The van der Waals surface area contributed by atoms with Gasteiger partial charge in [0.2, 0.25) is 0 Å². The summed E-state index contributed by atoms with van der Waals surface area (Å²) in [6.45, 7) is 0.787. The molecule has 5 heteroatoms. The lowest BCUT2D eigenvalue weighted by Crippen LogP contribution is -2.18. The molecule has 84 valence electrons. The highest BCUT2D eigenvalue weighted by atomic mass is 35.5. The van der Waals surface area contributed by atoms with Gasteiger partial charge in [-0.25, -0.2) is 4.98 Å². The number of hydrogen-bond acceptors (Lipinski definition) is 4. The Morgan fingerprint density at radius 1 is 1.44 bits per heavy atom. The zero-order valence-corrected chi connectivity index (χ0v) is 10.4. The van der Waals surface area contributed by atoms with Crippen LogP contribution >= 0.6 is 22.9 Å². The quantitative estimate of drug-likeness (QED) is 0.855. The fourth-order valence-corrected chi connectivity index (χ4v) is 2.35. The van der Waals surface area contributed by atoms with E-state index in [1.54, 1.807) is 23.5 Å². The van der Waals surface area contributed by atoms with Crippen molar-refractivity contribution >= 4 is 34.4 Å². The Balaban J connectivity index is 2.20. The molecule has 2 heterocycles. The first-order valence-electron chi connectivity index (χ1n) is 4.82. The second-order valence-electron chi connectivity index (χ2n) is 3.48. The van der Waals surface area contributed by atoms with E-state index in [4.69, 9.17) is 17.3 Å². The topological polar surface area (TPSA) is 42.2 Å². The van der Waals surface area contributed by atoms with Crippen molar-refractivity contribution in [3.8, 4) is 0 Å². The number of pyridine rings is 1. The Labute approximate surface area is 103 Å². The summed E-state index contributed by atoms with van der Waals surface area (Å²) in [5, 5.41) is 2.51. The second-order valence-corrected chi connectivity index (χ2v) is 4.90. The van der Waals surface area contributed by atoms with Gasteiger partial charge in [0, 0.05) is 11.9 Å². The molecule has 0 bridgehead atoms. The minimum Gasteiger partial charge on any atom is -0.396 e. The third-order valence-electron chi connectivity index (χ3n) is 2.21. The van der Waals surface area contributed by atoms with Crippen molar-refractivity contribution < 1.29 is 0 Å². The highest BCUT2D eigenvalue weighted by Gasteiger charge is 2.08. The first-order valence-corrected chi connectivity index (χ1v) is 6.08. The number of nitrogens with two attached hydrogens (primary N) is 1. The Hall–Kier alpha value is -1.26. The molecule has 0 radical (unpaired) electrons. The zero-order valence-electron chi connectivity index (χ0n) is 8.85. The molecule has 16 heavy (non-hydrogen) atoms. The maximum atomic E-state index is 5.86. The van der Waals surface area contributed by atoms with E-state index in [0.717, 1.165) is 12.4 Å². The average Bonchev–Trinajstić information content (AvgIpc) is 2.74. The molecule has 2 rings (SSSR count). The Morgan fingerprint density at radius 2 is 2.25 bits per heavy atom. The van der Waals surface area contributed by atoms with Crippen LogP contribution < -0.4 is 10.6 Å². The lowest BCUT2D eigenvalue weighted by molar-refractivity contribution is 0.915. The molecule has 2 aromatic rings. The molecule has 2 aromatic heterocycles. The lowest BCUT2D eigenvalue weighted by atomic mass is 10.3. The van der Waals surface area contributed by atoms with Crippen molar-refractivity contribution in [2.24, 2.45) is 0 Å². The Morgan fingerprint density at radius 3 is 2.94 bits per heavy atom. The largest absolute Gasteiger partial charge is 0.396 e. The molecule has 0 aromatic carbocycles. The summed E-state index contributed by atoms with van der Waals surface area (Å²) in [4.78, 5) is 7.48. The fraction of sp³-hybridized carbons (Fsp3) is 0.182. The van der Waals surface area contributed by atoms with Gasteiger partial charge in [-0.1, -0.05) is 17.7 Å². The third-order valence-corrected chi connectivity index (χ3v) is 3.28. The van der Waals surface area contributed by atoms with Crippen molar-refractivity contribution in [1.82, 2.24) is 4.98 Å². The van der Waals surface area contributed by atoms with Gasteiger partial charge in [-0.15, -0.1) is 11.3 Å². The molecule has 2 N–H and O–H groups in total. The van der Waals surface area contributed by atoms with Crippen molar-refractivity contribution in [2.75, 3.05) is 17.7 Å². The van der Waals surface area contributed by atoms with Crippen LogP contribution in [0.25, 0.3) is 0 Å². The lowest BCUT2D eigenvalue weighted by Gasteiger charge is -2.19. The summed E-state index contributed by atoms with van der Waals surface area (Å²) in [5.41, 5.74) is 6.50. The third kappa shape index (κ3) is 2.46. The predicted octanol–water partition coefficient (Wildman–Crippen LogP) is 3.02. The highest BCUT2D eigenvalue weighted by molar-refractivity contribution is 7.09. The van der Waals surface area contributed by atoms with E-state index in [0.29, 0.717) is 10.8 Å². The smallest absolute Gasteiger partial charge is 0.153 e. The van der Waals surface area contributed by atoms with Crippen molar-refractivity contribution in [3.05, 3.63) is 39.7 Å². The van der Waals surface area contributed by atoms with E-state index in [-0.39, 0.29) is 0 Å². The molecule has 0 saturated carbocycles. The van der Waals surface area contributed by atoms with Crippen LogP contribution in [0.3, 0.4) is 0 Å². The van der Waals surface area contributed by atoms with E-state index in [1.165, 1.54) is 4.88 Å². The summed E-state index contributed by atoms with van der Waals surface area (Å²) in [5.74, 6) is 0.723. The normalized spacial score (nSPS) is 10.4. The summed E-state index contributed by atoms with van der Waals surface area (Å²) in [6, 6.07) is 7.58. The highest BCUT2D eigenvalue weighted by Crippen LogP contribution is 2.24. The molecule has 3 nitrogen and oxygen atoms in total. The van der Waals surface area contributed by atoms with Crippen LogP contribution in [0, 0.1) is 0 Å². The van der Waals surface area contributed by atoms with Crippen LogP contribution in [-0.4, -0.2) is 12.0 Å². The van der Waals surface area contributed by atoms with Crippen LogP contribution in [0.5, 0.6) is 0 Å². The molecular weight excluding hydrogens is 242 g/mol. The first kappa shape index (κ1) is 11.2. The summed E-state index contributed by atoms with van der Waals surface area (Å²) in [7, 11) is 1.95. The first-order chi connectivity index (χ1) is 7.66. The van der Waals surface area contributed by atoms with Crippen LogP contribution in [-0.2, 0) is 6.54 Å². The number of hydrogen-bond donors (Lipinski definition) is 1. The number of anilines is 2. The molecule has 0 amide bonds. The molecule has 0 fully saturated rings. The average molecular weight is 254 g/mol. The maximum absolute atomic E-state index is 5.86.